The molecule has 0 saturated heterocycles. The van der Waals surface area contributed by atoms with Crippen molar-refractivity contribution in [3.05, 3.63) is 0 Å². The summed E-state index contributed by atoms with van der Waals surface area (Å²) in [5, 5.41) is 0. The lowest BCUT2D eigenvalue weighted by Gasteiger charge is -0.344. The van der Waals surface area contributed by atoms with Gasteiger partial charge in [0.2, 0.25) is 0 Å². The van der Waals surface area contributed by atoms with Crippen LogP contribution in [0, 0.1) is 0 Å². The van der Waals surface area contributed by atoms with Crippen LogP contribution in [0.15, 0.2) is 0 Å². The molecule has 0 aliphatic carbocycles. The molecule has 3 N–H and O–H groups in total. The van der Waals surface area contributed by atoms with Crippen LogP contribution in [0.3, 0.4) is 0 Å². The van der Waals surface area contributed by atoms with Gasteiger partial charge in [0.25, 0.3) is 0 Å². The van der Waals surface area contributed by atoms with Crippen molar-refractivity contribution in [3.63, 3.8) is 0 Å². The van der Waals surface area contributed by atoms with E-state index >= 15 is 0 Å². The highest BCUT2D eigenvalue weighted by Crippen LogP contribution is 0.144. The molecular weight excluding hydrogens is 47.6 g/mol. The molecule has 0 rings (SSSR count). The molecule has 1 nitrogen and oxygen atoms in total. The number of rotatable bonds is 0. The maximum atomic E-state index is 0. The molecule has 6 radical (unpaired) electrons. The number of hydrogen-bond donors (Lipinski definition) is 1. The van der Waals surface area contributed by atoms with Crippen LogP contribution in [0.4, 0.5) is 0 Å². The molecule has 0 heterocycles. The van der Waals surface area contributed by atoms with Crippen molar-refractivity contribution >= 4 is 16.8 Å². The van der Waals surface area contributed by atoms with Crippen molar-refractivity contribution in [1.82, 2.24) is 6.15 Å². The Balaban J connectivity index is 0. The van der Waals surface area contributed by atoms with Gasteiger partial charge in [-0.15, -0.1) is 0 Å². The highest BCUT2D eigenvalue weighted by Gasteiger charge is 0.00103. The lowest BCUT2D eigenvalue weighted by atomic mass is 10.8. The van der Waals surface area contributed by atoms with E-state index < -0.39 is 0 Å². The third kappa shape index (κ3) is 307. The fourth-order valence-electron chi connectivity index (χ4n) is 0. The van der Waals surface area contributed by atoms with Crippen molar-refractivity contribution in [2.24, 2.45) is 0 Å². The molecule has 0 amide bonds. The van der Waals surface area contributed by atoms with Crippen molar-refractivity contribution < 1.29 is 0 Å². The smallest absolute Gasteiger partial charge is 0 e. The van der Waals surface area contributed by atoms with Gasteiger partial charge in [-0.1, -0.05) is 7.43 Å². The summed E-state index contributed by atoms with van der Waals surface area (Å²) in [6, 6.07) is 0. The Morgan fingerprint density at radius 1 is 0.750 bits per heavy atom. The van der Waals surface area contributed by atoms with E-state index in [2.05, 4.69) is 0 Å². The Labute approximate surface area is 31.5 Å². The van der Waals surface area contributed by atoms with Crippen molar-refractivity contribution in [3.8, 4) is 0 Å². The zero-order valence-electron chi connectivity index (χ0n) is 1.86. The average molecular weight is 54.7 g/mol. The molecule has 0 aromatic rings. The zero-order chi connectivity index (χ0) is 0. The molecule has 22 valence electrons. The van der Waals surface area contributed by atoms with Crippen LogP contribution >= 0.6 is 0 Å². The molecule has 0 aliphatic rings. The van der Waals surface area contributed by atoms with Gasteiger partial charge in [-0.05, 0) is 0 Å². The van der Waals surface area contributed by atoms with Gasteiger partial charge in [-0.3, -0.25) is 0 Å². The van der Waals surface area contributed by atoms with E-state index in [1.165, 1.54) is 0 Å². The summed E-state index contributed by atoms with van der Waals surface area (Å²) in [5.41, 5.74) is 0. The molecule has 0 spiro atoms. The molecule has 4 heavy (non-hydrogen) atoms. The fourth-order valence-corrected chi connectivity index (χ4v) is 0. The van der Waals surface area contributed by atoms with Gasteiger partial charge >= 0.3 is 0 Å². The van der Waals surface area contributed by atoms with Crippen LogP contribution in [0.2, 0.25) is 0 Å². The normalized spacial score (nSPS) is 0. The predicted octanol–water partition coefficient (Wildman–Crippen LogP) is 0.0365. The summed E-state index contributed by atoms with van der Waals surface area (Å²) in [7, 11) is 0. The van der Waals surface area contributed by atoms with Gasteiger partial charge in [0.1, 0.15) is 0 Å². The molecular formula is CH7B2N. The third-order valence-electron chi connectivity index (χ3n) is 0. The Morgan fingerprint density at radius 2 is 0.750 bits per heavy atom. The third-order valence-corrected chi connectivity index (χ3v) is 0. The minimum atomic E-state index is 0. The minimum Gasteiger partial charge on any atom is -0.344 e. The summed E-state index contributed by atoms with van der Waals surface area (Å²) < 4.78 is 0. The highest BCUT2D eigenvalue weighted by atomic mass is 14.0. The minimum absolute atomic E-state index is 0. The van der Waals surface area contributed by atoms with Crippen LogP contribution in [0.25, 0.3) is 0 Å². The lowest BCUT2D eigenvalue weighted by Crippen LogP contribution is -0.481. The first-order chi connectivity index (χ1) is 0. The topological polar surface area (TPSA) is 35.0 Å². The summed E-state index contributed by atoms with van der Waals surface area (Å²) in [6.07, 6.45) is 0. The van der Waals surface area contributed by atoms with Crippen LogP contribution < -0.4 is 6.15 Å². The Kier molecular flexibility index (Phi) is 2020000. The molecule has 0 fully saturated rings. The van der Waals surface area contributed by atoms with Gasteiger partial charge in [-0.25, -0.2) is 0 Å². The Bertz CT molecular complexity index is 6.00. The van der Waals surface area contributed by atoms with E-state index in [1.54, 1.807) is 0 Å². The molecule has 3 heteroatoms. The van der Waals surface area contributed by atoms with Gasteiger partial charge in [0, 0.05) is 16.8 Å². The molecule has 0 saturated carbocycles. The molecule has 0 aromatic heterocycles. The predicted molar refractivity (Wildman–Crippen MR) is 23.3 cm³/mol. The molecule has 0 aromatic carbocycles. The van der Waals surface area contributed by atoms with E-state index in [4.69, 9.17) is 0 Å². The highest BCUT2D eigenvalue weighted by molar-refractivity contribution is 5.76. The monoisotopic (exact) mass is 55.1 g/mol. The maximum absolute atomic E-state index is 0. The van der Waals surface area contributed by atoms with E-state index in [1.807, 2.05) is 0 Å². The molecule has 0 atom stereocenters. The van der Waals surface area contributed by atoms with Crippen molar-refractivity contribution in [2.75, 3.05) is 0 Å². The second-order valence-corrected chi connectivity index (χ2v) is 0. The first-order valence-electron chi connectivity index (χ1n) is 0. The van der Waals surface area contributed by atoms with Gasteiger partial charge in [-0.2, -0.15) is 0 Å². The lowest BCUT2D eigenvalue weighted by molar-refractivity contribution is 2.13. The summed E-state index contributed by atoms with van der Waals surface area (Å²) in [5.74, 6) is 0. The van der Waals surface area contributed by atoms with E-state index in [9.17, 15) is 0 Å². The van der Waals surface area contributed by atoms with E-state index in [-0.39, 0.29) is 30.4 Å². The summed E-state index contributed by atoms with van der Waals surface area (Å²) in [4.78, 5) is 0. The maximum Gasteiger partial charge on any atom is 0 e. The van der Waals surface area contributed by atoms with Crippen LogP contribution in [-0.4, -0.2) is 16.8 Å². The summed E-state index contributed by atoms with van der Waals surface area (Å²) >= 11 is 0. The zero-order valence-corrected chi connectivity index (χ0v) is 1.86. The van der Waals surface area contributed by atoms with Crippen LogP contribution in [0.5, 0.6) is 0 Å². The van der Waals surface area contributed by atoms with Crippen LogP contribution in [-0.2, 0) is 0 Å². The van der Waals surface area contributed by atoms with E-state index in [0.29, 0.717) is 0 Å². The van der Waals surface area contributed by atoms with Gasteiger partial charge in [0.15, 0.2) is 0 Å². The number of hydrogen-bond acceptors (Lipinski definition) is 1. The molecule has 0 aliphatic heterocycles. The van der Waals surface area contributed by atoms with Crippen molar-refractivity contribution in [2.45, 2.75) is 7.43 Å². The first-order valence-corrected chi connectivity index (χ1v) is 0. The average Bonchev–Trinajstić information content (AvgIpc) is 0. The Hall–Kier alpha value is 0.0899. The SMILES string of the molecule is C.N.[B].[B]. The van der Waals surface area contributed by atoms with E-state index in [0.717, 1.165) is 0 Å². The largest absolute Gasteiger partial charge is 0.344 e. The second-order valence-electron chi connectivity index (χ2n) is 0. The quantitative estimate of drug-likeness (QED) is 0.390. The van der Waals surface area contributed by atoms with Gasteiger partial charge < -0.3 is 6.15 Å². The fraction of sp³-hybridized carbons (Fsp3) is 1.00. The molecule has 0 unspecified atom stereocenters. The second kappa shape index (κ2) is 1670. The first kappa shape index (κ1) is 4830. The van der Waals surface area contributed by atoms with Crippen molar-refractivity contribution in [1.29, 1.82) is 0 Å². The van der Waals surface area contributed by atoms with Gasteiger partial charge in [0.05, 0.1) is 0 Å². The molecule has 0 bridgehead atoms. The summed E-state index contributed by atoms with van der Waals surface area (Å²) in [6.45, 7) is 0. The Morgan fingerprint density at radius 3 is 0.750 bits per heavy atom. The van der Waals surface area contributed by atoms with Crippen LogP contribution in [0.1, 0.15) is 7.43 Å². The standard InChI is InChI=1S/CH4.2B.H3N/h1H4;;;1H3.